The number of methoxy groups -OCH3 is 1. The first kappa shape index (κ1) is 29.8. The second-order valence-corrected chi connectivity index (χ2v) is 4.99. The zero-order valence-corrected chi connectivity index (χ0v) is 18.6. The Bertz CT molecular complexity index is 104. The van der Waals surface area contributed by atoms with E-state index < -0.39 is 8.64 Å². The molecule has 0 aliphatic rings. The van der Waals surface area contributed by atoms with Crippen LogP contribution in [0.1, 0.15) is 0 Å². The molecule has 81 valence electrons. The van der Waals surface area contributed by atoms with Gasteiger partial charge in [-0.2, -0.15) is 0 Å². The minimum Gasteiger partial charge on any atom is -0.644 e. The summed E-state index contributed by atoms with van der Waals surface area (Å²) in [6, 6.07) is 0. The van der Waals surface area contributed by atoms with Gasteiger partial charge in [0.2, 0.25) is 0 Å². The summed E-state index contributed by atoms with van der Waals surface area (Å²) in [6.45, 7) is 3.10. The van der Waals surface area contributed by atoms with Gasteiger partial charge in [-0.25, -0.2) is 0 Å². The molecule has 14 heavy (non-hydrogen) atoms. The maximum atomic E-state index is 7.50. The Balaban J connectivity index is -0.0000000675. The van der Waals surface area contributed by atoms with Crippen molar-refractivity contribution in [3.05, 3.63) is 12.8 Å². The summed E-state index contributed by atoms with van der Waals surface area (Å²) in [5.74, 6) is 0. The molecule has 0 rings (SSSR count). The van der Waals surface area contributed by atoms with Crippen LogP contribution in [0.2, 0.25) is 6.55 Å². The van der Waals surface area contributed by atoms with E-state index in [2.05, 4.69) is 4.98 Å². The molecule has 0 bridgehead atoms. The van der Waals surface area contributed by atoms with Crippen LogP contribution in [0.3, 0.4) is 0 Å². The van der Waals surface area contributed by atoms with E-state index in [-0.39, 0.29) is 78.1 Å². The quantitative estimate of drug-likeness (QED) is 0.266. The maximum absolute atomic E-state index is 7.50. The van der Waals surface area contributed by atoms with Crippen LogP contribution in [-0.2, 0) is 9.16 Å². The molecule has 8 heteroatoms. The van der Waals surface area contributed by atoms with E-state index in [1.54, 1.807) is 20.8 Å². The van der Waals surface area contributed by atoms with Crippen molar-refractivity contribution in [1.29, 1.82) is 0 Å². The molecule has 1 atom stereocenters. The molecule has 0 spiro atoms. The average molecular weight is 665 g/mol. The topological polar surface area (TPSA) is 54.3 Å². The number of hydrogen-bond acceptors (Lipinski definition) is 3. The first-order chi connectivity index (χ1) is 4.62. The Kier molecular flexibility index (Phi) is 37.6. The largest absolute Gasteiger partial charge is 0.644 e. The molecule has 2 N–H and O–H groups in total. The van der Waals surface area contributed by atoms with Crippen LogP contribution < -0.4 is 4.98 Å². The summed E-state index contributed by atoms with van der Waals surface area (Å²) in [5, 5.41) is 7.50. The predicted molar refractivity (Wildman–Crippen MR) is 55.0 cm³/mol. The van der Waals surface area contributed by atoms with Gasteiger partial charge in [-0.05, 0) is 6.55 Å². The van der Waals surface area contributed by atoms with E-state index in [4.69, 9.17) is 14.6 Å². The molecule has 4 nitrogen and oxygen atoms in total. The van der Waals surface area contributed by atoms with Gasteiger partial charge in [-0.3, -0.25) is 0 Å². The molecule has 3 radical (unpaired) electrons. The van der Waals surface area contributed by atoms with Crippen molar-refractivity contribution in [3.63, 3.8) is 0 Å². The fourth-order valence-corrected chi connectivity index (χ4v) is 1.19. The van der Waals surface area contributed by atoms with Gasteiger partial charge >= 0.3 is 0 Å². The molecular formula is C6H18BN2O2SiU2-2. The minimum absolute atomic E-state index is 0. The Hall–Kier alpha value is 2.23. The molecule has 0 aliphatic carbocycles. The smallest absolute Gasteiger partial charge is 0.151 e. The molecular weight excluding hydrogens is 647 g/mol. The third-order valence-electron chi connectivity index (χ3n) is 1.18. The van der Waals surface area contributed by atoms with Gasteiger partial charge in [0, 0.05) is 91.4 Å². The Morgan fingerprint density at radius 3 is 2.00 bits per heavy atom. The molecule has 0 aromatic heterocycles. The summed E-state index contributed by atoms with van der Waals surface area (Å²) in [5.41, 5.74) is 0. The normalized spacial score (nSPS) is 12.0. The SMILES string of the molecule is COCCN[Si@@](C)([NH-])OC.[B].[CH3-].[U].[U]. The van der Waals surface area contributed by atoms with Crippen molar-refractivity contribution < 1.29 is 71.4 Å². The van der Waals surface area contributed by atoms with Crippen LogP contribution in [0.15, 0.2) is 0 Å². The third-order valence-corrected chi connectivity index (χ3v) is 2.92. The van der Waals surface area contributed by atoms with Crippen LogP contribution in [0.25, 0.3) is 5.40 Å². The van der Waals surface area contributed by atoms with Crippen molar-refractivity contribution in [2.75, 3.05) is 27.4 Å². The van der Waals surface area contributed by atoms with Crippen LogP contribution >= 0.6 is 0 Å². The summed E-state index contributed by atoms with van der Waals surface area (Å²) in [4.78, 5) is 2.97. The Morgan fingerprint density at radius 2 is 1.71 bits per heavy atom. The van der Waals surface area contributed by atoms with Gasteiger partial charge in [0.1, 0.15) is 0 Å². The molecule has 0 amide bonds. The molecule has 0 heterocycles. The standard InChI is InChI=1S/C5H15N2O2Si.CH3.B.2U/c1-8-5-4-7-10(3,6)9-2;;;;/h6-7H,4-5H2,1-3H3;1H3;;;/q2*-1;;;/t10-;;;;/m1..../s1. The minimum atomic E-state index is -2.29. The maximum Gasteiger partial charge on any atom is 0.151 e. The fraction of sp³-hybridized carbons (Fsp3) is 0.833. The first-order valence-electron chi connectivity index (χ1n) is 3.16. The summed E-state index contributed by atoms with van der Waals surface area (Å²) < 4.78 is 9.73. The number of nitrogens with one attached hydrogen (secondary N) is 2. The molecule has 0 saturated heterocycles. The van der Waals surface area contributed by atoms with Crippen molar-refractivity contribution in [2.24, 2.45) is 0 Å². The second-order valence-electron chi connectivity index (χ2n) is 2.16. The first-order valence-corrected chi connectivity index (χ1v) is 5.57. The van der Waals surface area contributed by atoms with E-state index in [0.717, 1.165) is 0 Å². The zero-order valence-electron chi connectivity index (χ0n) is 9.31. The Labute approximate surface area is 138 Å². The van der Waals surface area contributed by atoms with E-state index in [1.165, 1.54) is 0 Å². The third kappa shape index (κ3) is 19.7. The molecule has 0 aliphatic heterocycles. The van der Waals surface area contributed by atoms with Crippen molar-refractivity contribution in [2.45, 2.75) is 6.55 Å². The van der Waals surface area contributed by atoms with Crippen molar-refractivity contribution >= 4 is 17.1 Å². The average Bonchev–Trinajstić information content (AvgIpc) is 1.89. The fourth-order valence-electron chi connectivity index (χ4n) is 0.464. The van der Waals surface area contributed by atoms with E-state index in [0.29, 0.717) is 13.2 Å². The molecule has 0 fully saturated rings. The van der Waals surface area contributed by atoms with Crippen LogP contribution in [-0.4, -0.2) is 44.4 Å². The van der Waals surface area contributed by atoms with Gasteiger partial charge in [-0.15, -0.1) is 0 Å². The van der Waals surface area contributed by atoms with Crippen LogP contribution in [0.4, 0.5) is 0 Å². The van der Waals surface area contributed by atoms with Gasteiger partial charge in [-0.1, -0.05) is 0 Å². The van der Waals surface area contributed by atoms with E-state index >= 15 is 0 Å². The monoisotopic (exact) mass is 665 g/mol. The van der Waals surface area contributed by atoms with E-state index in [1.807, 2.05) is 0 Å². The van der Waals surface area contributed by atoms with Crippen LogP contribution in [0.5, 0.6) is 0 Å². The summed E-state index contributed by atoms with van der Waals surface area (Å²) in [7, 11) is 0.896. The summed E-state index contributed by atoms with van der Waals surface area (Å²) >= 11 is 0. The van der Waals surface area contributed by atoms with Gasteiger partial charge in [0.05, 0.1) is 6.61 Å². The second kappa shape index (κ2) is 17.6. The van der Waals surface area contributed by atoms with Crippen LogP contribution in [0, 0.1) is 69.7 Å². The molecule has 0 aromatic rings. The zero-order chi connectivity index (χ0) is 8.04. The van der Waals surface area contributed by atoms with E-state index in [9.17, 15) is 0 Å². The molecule has 0 saturated carbocycles. The number of hydrogen-bond donors (Lipinski definition) is 1. The summed E-state index contributed by atoms with van der Waals surface area (Å²) in [6.07, 6.45) is 0. The van der Waals surface area contributed by atoms with Crippen molar-refractivity contribution in [1.82, 2.24) is 4.98 Å². The van der Waals surface area contributed by atoms with Gasteiger partial charge < -0.3 is 27.0 Å². The molecule has 0 unspecified atom stereocenters. The van der Waals surface area contributed by atoms with Crippen molar-refractivity contribution in [3.8, 4) is 0 Å². The Morgan fingerprint density at radius 1 is 1.29 bits per heavy atom. The van der Waals surface area contributed by atoms with Gasteiger partial charge in [0.25, 0.3) is 0 Å². The predicted octanol–water partition coefficient (Wildman–Crippen LogP) is 0.559. The van der Waals surface area contributed by atoms with Gasteiger partial charge in [0.15, 0.2) is 8.64 Å². The molecule has 0 aromatic carbocycles. The number of ether oxygens (including phenoxy) is 1. The number of rotatable bonds is 5.